The van der Waals surface area contributed by atoms with Crippen molar-refractivity contribution in [3.05, 3.63) is 35.5 Å². The van der Waals surface area contributed by atoms with Gasteiger partial charge in [-0.25, -0.2) is 0 Å². The topological polar surface area (TPSA) is 52.0 Å². The van der Waals surface area contributed by atoms with Crippen LogP contribution in [0.1, 0.15) is 49.8 Å². The average molecular weight is 242 g/mol. The van der Waals surface area contributed by atoms with Crippen LogP contribution in [0, 0.1) is 0 Å². The lowest BCUT2D eigenvalue weighted by atomic mass is 9.98. The van der Waals surface area contributed by atoms with Gasteiger partial charge in [0.25, 0.3) is 0 Å². The molecule has 2 N–H and O–H groups in total. The summed E-state index contributed by atoms with van der Waals surface area (Å²) in [6.45, 7) is 4.39. The van der Waals surface area contributed by atoms with Crippen molar-refractivity contribution in [3.63, 3.8) is 0 Å². The summed E-state index contributed by atoms with van der Waals surface area (Å²) < 4.78 is 5.16. The molecule has 0 bridgehead atoms. The number of hydrogen-bond acceptors (Lipinski definition) is 3. The molecule has 94 valence electrons. The van der Waals surface area contributed by atoms with Crippen molar-refractivity contribution >= 4 is 5.88 Å². The van der Waals surface area contributed by atoms with Gasteiger partial charge >= 0.3 is 0 Å². The first-order valence-electron chi connectivity index (χ1n) is 6.52. The standard InChI is InChI=1S/C15H18N2O/c1-9(2)10-3-5-11(6-4-10)13-14(12-7-8-12)17-18-15(13)16/h3-6,9,12H,7-8,16H2,1-2H3. The van der Waals surface area contributed by atoms with Gasteiger partial charge in [0, 0.05) is 5.92 Å². The summed E-state index contributed by atoms with van der Waals surface area (Å²) >= 11 is 0. The molecule has 1 fully saturated rings. The van der Waals surface area contributed by atoms with Crippen LogP contribution < -0.4 is 5.73 Å². The van der Waals surface area contributed by atoms with E-state index in [9.17, 15) is 0 Å². The molecule has 1 saturated carbocycles. The molecule has 0 saturated heterocycles. The molecule has 0 spiro atoms. The van der Waals surface area contributed by atoms with E-state index in [0.717, 1.165) is 16.8 Å². The molecule has 1 aromatic heterocycles. The molecule has 3 nitrogen and oxygen atoms in total. The molecule has 0 aliphatic heterocycles. The van der Waals surface area contributed by atoms with E-state index < -0.39 is 0 Å². The monoisotopic (exact) mass is 242 g/mol. The highest BCUT2D eigenvalue weighted by molar-refractivity contribution is 5.76. The minimum Gasteiger partial charge on any atom is -0.367 e. The van der Waals surface area contributed by atoms with Crippen LogP contribution in [0.4, 0.5) is 5.88 Å². The van der Waals surface area contributed by atoms with Crippen molar-refractivity contribution in [3.8, 4) is 11.1 Å². The van der Waals surface area contributed by atoms with Crippen LogP contribution in [0.3, 0.4) is 0 Å². The molecule has 0 unspecified atom stereocenters. The maximum Gasteiger partial charge on any atom is 0.230 e. The first-order chi connectivity index (χ1) is 8.66. The molecule has 2 aromatic rings. The lowest BCUT2D eigenvalue weighted by Gasteiger charge is -2.07. The van der Waals surface area contributed by atoms with Gasteiger partial charge in [-0.15, -0.1) is 0 Å². The summed E-state index contributed by atoms with van der Waals surface area (Å²) in [4.78, 5) is 0. The quantitative estimate of drug-likeness (QED) is 0.887. The fourth-order valence-electron chi connectivity index (χ4n) is 2.28. The molecular weight excluding hydrogens is 224 g/mol. The van der Waals surface area contributed by atoms with Crippen molar-refractivity contribution < 1.29 is 4.52 Å². The highest BCUT2D eigenvalue weighted by Gasteiger charge is 2.31. The molecule has 0 amide bonds. The maximum absolute atomic E-state index is 5.91. The number of benzene rings is 1. The summed E-state index contributed by atoms with van der Waals surface area (Å²) in [5.41, 5.74) is 10.4. The fraction of sp³-hybridized carbons (Fsp3) is 0.400. The van der Waals surface area contributed by atoms with Gasteiger partial charge in [-0.1, -0.05) is 43.3 Å². The van der Waals surface area contributed by atoms with E-state index in [1.54, 1.807) is 0 Å². The third-order valence-corrected chi connectivity index (χ3v) is 3.57. The molecule has 1 aliphatic rings. The SMILES string of the molecule is CC(C)c1ccc(-c2c(C3CC3)noc2N)cc1. The van der Waals surface area contributed by atoms with E-state index in [4.69, 9.17) is 10.3 Å². The second kappa shape index (κ2) is 4.16. The van der Waals surface area contributed by atoms with Crippen LogP contribution in [-0.4, -0.2) is 5.16 Å². The Kier molecular flexibility index (Phi) is 2.62. The second-order valence-corrected chi connectivity index (χ2v) is 5.36. The molecular formula is C15H18N2O. The number of hydrogen-bond donors (Lipinski definition) is 1. The first kappa shape index (κ1) is 11.3. The number of nitrogens with two attached hydrogens (primary N) is 1. The van der Waals surface area contributed by atoms with Crippen LogP contribution in [0.15, 0.2) is 28.8 Å². The van der Waals surface area contributed by atoms with E-state index in [1.165, 1.54) is 18.4 Å². The van der Waals surface area contributed by atoms with Crippen LogP contribution in [-0.2, 0) is 0 Å². The van der Waals surface area contributed by atoms with Gasteiger partial charge in [-0.05, 0) is 29.9 Å². The number of nitrogen functional groups attached to an aromatic ring is 1. The van der Waals surface area contributed by atoms with E-state index in [1.807, 2.05) is 0 Å². The largest absolute Gasteiger partial charge is 0.367 e. The predicted molar refractivity (Wildman–Crippen MR) is 72.4 cm³/mol. The van der Waals surface area contributed by atoms with E-state index in [0.29, 0.717) is 17.7 Å². The first-order valence-corrected chi connectivity index (χ1v) is 6.52. The van der Waals surface area contributed by atoms with Crippen LogP contribution in [0.2, 0.25) is 0 Å². The second-order valence-electron chi connectivity index (χ2n) is 5.36. The normalized spacial score (nSPS) is 15.3. The van der Waals surface area contributed by atoms with E-state index in [2.05, 4.69) is 43.3 Å². The Hall–Kier alpha value is -1.77. The average Bonchev–Trinajstić information content (AvgIpc) is 3.13. The molecule has 18 heavy (non-hydrogen) atoms. The van der Waals surface area contributed by atoms with Gasteiger partial charge in [0.05, 0.1) is 11.3 Å². The van der Waals surface area contributed by atoms with Crippen molar-refractivity contribution in [2.24, 2.45) is 0 Å². The number of aromatic nitrogens is 1. The molecule has 3 heteroatoms. The van der Waals surface area contributed by atoms with Gasteiger partial charge in [0.2, 0.25) is 5.88 Å². The van der Waals surface area contributed by atoms with Gasteiger partial charge in [-0.2, -0.15) is 0 Å². The van der Waals surface area contributed by atoms with Crippen LogP contribution in [0.25, 0.3) is 11.1 Å². The highest BCUT2D eigenvalue weighted by atomic mass is 16.5. The van der Waals surface area contributed by atoms with Crippen molar-refractivity contribution in [2.45, 2.75) is 38.5 Å². The zero-order valence-corrected chi connectivity index (χ0v) is 10.8. The van der Waals surface area contributed by atoms with Crippen molar-refractivity contribution in [1.29, 1.82) is 0 Å². The third-order valence-electron chi connectivity index (χ3n) is 3.57. The fourth-order valence-corrected chi connectivity index (χ4v) is 2.28. The lowest BCUT2D eigenvalue weighted by molar-refractivity contribution is 0.428. The summed E-state index contributed by atoms with van der Waals surface area (Å²) in [7, 11) is 0. The van der Waals surface area contributed by atoms with Crippen LogP contribution >= 0.6 is 0 Å². The smallest absolute Gasteiger partial charge is 0.230 e. The Balaban J connectivity index is 2.01. The zero-order chi connectivity index (χ0) is 12.7. The summed E-state index contributed by atoms with van der Waals surface area (Å²) in [6, 6.07) is 8.54. The van der Waals surface area contributed by atoms with Gasteiger partial charge in [-0.3, -0.25) is 0 Å². The Bertz CT molecular complexity index is 550. The Labute approximate surface area is 107 Å². The van der Waals surface area contributed by atoms with E-state index >= 15 is 0 Å². The van der Waals surface area contributed by atoms with Gasteiger partial charge in [0.15, 0.2) is 0 Å². The maximum atomic E-state index is 5.91. The van der Waals surface area contributed by atoms with Crippen molar-refractivity contribution in [2.75, 3.05) is 5.73 Å². The highest BCUT2D eigenvalue weighted by Crippen LogP contribution is 2.45. The predicted octanol–water partition coefficient (Wildman–Crippen LogP) is 3.92. The molecule has 1 aromatic carbocycles. The van der Waals surface area contributed by atoms with E-state index in [-0.39, 0.29) is 0 Å². The Morgan fingerprint density at radius 1 is 1.22 bits per heavy atom. The zero-order valence-electron chi connectivity index (χ0n) is 10.8. The lowest BCUT2D eigenvalue weighted by Crippen LogP contribution is -1.91. The molecule has 1 heterocycles. The minimum absolute atomic E-state index is 0.439. The van der Waals surface area contributed by atoms with Gasteiger partial charge < -0.3 is 10.3 Å². The molecule has 3 rings (SSSR count). The number of anilines is 1. The summed E-state index contributed by atoms with van der Waals surface area (Å²) in [6.07, 6.45) is 2.39. The molecule has 1 aliphatic carbocycles. The van der Waals surface area contributed by atoms with Crippen LogP contribution in [0.5, 0.6) is 0 Å². The summed E-state index contributed by atoms with van der Waals surface area (Å²) in [5, 5.41) is 4.11. The molecule has 0 atom stereocenters. The number of nitrogens with zero attached hydrogens (tertiary/aromatic N) is 1. The number of rotatable bonds is 3. The molecule has 0 radical (unpaired) electrons. The van der Waals surface area contributed by atoms with Crippen molar-refractivity contribution in [1.82, 2.24) is 5.16 Å². The minimum atomic E-state index is 0.439. The summed E-state index contributed by atoms with van der Waals surface area (Å²) in [5.74, 6) is 1.53. The Morgan fingerprint density at radius 2 is 1.89 bits per heavy atom. The van der Waals surface area contributed by atoms with Gasteiger partial charge in [0.1, 0.15) is 0 Å². The third kappa shape index (κ3) is 1.90. The Morgan fingerprint density at radius 3 is 2.44 bits per heavy atom.